The molecular formula is C46H55N4O6+. The van der Waals surface area contributed by atoms with E-state index in [4.69, 9.17) is 9.47 Å². The molecule has 3 aromatic rings. The van der Waals surface area contributed by atoms with Crippen LogP contribution in [-0.4, -0.2) is 70.6 Å². The van der Waals surface area contributed by atoms with Gasteiger partial charge in [0.15, 0.2) is 0 Å². The van der Waals surface area contributed by atoms with Crippen molar-refractivity contribution in [2.45, 2.75) is 90.9 Å². The summed E-state index contributed by atoms with van der Waals surface area (Å²) >= 11 is 0. The van der Waals surface area contributed by atoms with Crippen LogP contribution in [0.25, 0.3) is 5.57 Å². The van der Waals surface area contributed by atoms with Crippen LogP contribution in [0.2, 0.25) is 0 Å². The molecule has 1 aliphatic heterocycles. The van der Waals surface area contributed by atoms with Crippen LogP contribution in [0.3, 0.4) is 0 Å². The number of allylic oxidation sites excluding steroid dienone is 4. The molecule has 0 saturated carbocycles. The molecule has 2 aliphatic rings. The highest BCUT2D eigenvalue weighted by Crippen LogP contribution is 2.38. The largest absolute Gasteiger partial charge is 0.506 e. The molecule has 1 N–H and O–H groups in total. The van der Waals surface area contributed by atoms with E-state index in [2.05, 4.69) is 23.8 Å². The van der Waals surface area contributed by atoms with Gasteiger partial charge in [-0.25, -0.2) is 9.79 Å². The van der Waals surface area contributed by atoms with Crippen molar-refractivity contribution in [3.05, 3.63) is 114 Å². The number of hydrogen-bond donors (Lipinski definition) is 1. The van der Waals surface area contributed by atoms with Gasteiger partial charge in [0, 0.05) is 23.9 Å². The number of nitrogens with zero attached hydrogens (tertiary/aromatic N) is 4. The average Bonchev–Trinajstić information content (AvgIpc) is 3.22. The number of anilines is 2. The number of benzene rings is 2. The molecule has 0 atom stereocenters. The Hall–Kier alpha value is -5.64. The number of carbonyl (C=O) groups excluding carboxylic acids is 3. The van der Waals surface area contributed by atoms with Gasteiger partial charge in [-0.05, 0) is 43.2 Å². The Morgan fingerprint density at radius 1 is 0.696 bits per heavy atom. The van der Waals surface area contributed by atoms with E-state index in [1.165, 1.54) is 38.5 Å². The molecule has 0 fully saturated rings. The number of aromatic nitrogens is 1. The first-order valence-electron chi connectivity index (χ1n) is 20.2. The number of rotatable bonds is 22. The lowest BCUT2D eigenvalue weighted by Gasteiger charge is -2.25. The number of pyridine rings is 1. The lowest BCUT2D eigenvalue weighted by molar-refractivity contribution is -0.428. The summed E-state index contributed by atoms with van der Waals surface area (Å²) in [5, 5.41) is 11.1. The molecule has 1 aliphatic carbocycles. The summed E-state index contributed by atoms with van der Waals surface area (Å²) < 4.78 is 12.9. The minimum absolute atomic E-state index is 0.00454. The molecule has 10 nitrogen and oxygen atoms in total. The number of Topliss-reactive ketones (excluding diaryl/α,β-unsaturated/α-hetero) is 1. The van der Waals surface area contributed by atoms with E-state index < -0.39 is 0 Å². The third kappa shape index (κ3) is 11.7. The van der Waals surface area contributed by atoms with Crippen molar-refractivity contribution < 1.29 is 33.5 Å². The summed E-state index contributed by atoms with van der Waals surface area (Å²) in [6, 6.07) is 22.4. The second kappa shape index (κ2) is 22.0. The first-order chi connectivity index (χ1) is 27.4. The number of hydrogen-bond acceptors (Lipinski definition) is 9. The predicted molar refractivity (Wildman–Crippen MR) is 222 cm³/mol. The summed E-state index contributed by atoms with van der Waals surface area (Å²) in [5.74, 6) is -1.24. The van der Waals surface area contributed by atoms with Gasteiger partial charge in [-0.3, -0.25) is 14.6 Å². The Morgan fingerprint density at radius 3 is 1.88 bits per heavy atom. The molecule has 0 saturated heterocycles. The van der Waals surface area contributed by atoms with E-state index in [0.717, 1.165) is 49.9 Å². The fraction of sp³-hybridized carbons (Fsp3) is 0.391. The Bertz CT molecular complexity index is 1910. The summed E-state index contributed by atoms with van der Waals surface area (Å²) in [6.07, 6.45) is 19.9. The molecule has 0 amide bonds. The number of para-hydroxylation sites is 2. The first kappa shape index (κ1) is 41.5. The zero-order valence-electron chi connectivity index (χ0n) is 32.8. The molecule has 10 heteroatoms. The molecule has 0 radical (unpaired) electrons. The van der Waals surface area contributed by atoms with Crippen LogP contribution in [0.15, 0.2) is 113 Å². The first-order valence-corrected chi connectivity index (χ1v) is 20.2. The number of ether oxygens (including phenoxy) is 2. The third-order valence-electron chi connectivity index (χ3n) is 9.79. The molecule has 56 heavy (non-hydrogen) atoms. The standard InChI is InChI=1S/C46H54N4O6/c1-3-5-7-9-11-19-29-55-41(51)33-49(35-21-15-13-16-22-35)37-25-27-39(47-31-37)43-45(53)44(46(43)54)40-28-26-38(32-48-40)50(36-23-17-14-18-24-36)34-42(52)56-30-20-12-10-8-6-4-2/h13-18,21-28,31-32H,3-12,19-20,29-30,33-34H2,1-2H3/p+1. The van der Waals surface area contributed by atoms with Crippen molar-refractivity contribution in [1.82, 2.24) is 4.98 Å². The second-order valence-corrected chi connectivity index (χ2v) is 14.1. The molecule has 0 bridgehead atoms. The number of carbonyl (C=O) groups is 3. The van der Waals surface area contributed by atoms with Gasteiger partial charge in [0.25, 0.3) is 0 Å². The van der Waals surface area contributed by atoms with Gasteiger partial charge in [-0.1, -0.05) is 114 Å². The van der Waals surface area contributed by atoms with E-state index in [-0.39, 0.29) is 47.7 Å². The van der Waals surface area contributed by atoms with Crippen LogP contribution >= 0.6 is 0 Å². The highest BCUT2D eigenvalue weighted by molar-refractivity contribution is 6.40. The zero-order valence-corrected chi connectivity index (χ0v) is 32.8. The van der Waals surface area contributed by atoms with E-state index in [0.29, 0.717) is 36.0 Å². The number of aliphatic hydroxyl groups is 1. The van der Waals surface area contributed by atoms with Crippen molar-refractivity contribution in [1.29, 1.82) is 0 Å². The van der Waals surface area contributed by atoms with E-state index >= 15 is 0 Å². The molecule has 2 aromatic carbocycles. The number of aliphatic imine (C=N–C) groups is 1. The highest BCUT2D eigenvalue weighted by atomic mass is 16.5. The lowest BCUT2D eigenvalue weighted by atomic mass is 9.84. The second-order valence-electron chi connectivity index (χ2n) is 14.1. The van der Waals surface area contributed by atoms with Crippen molar-refractivity contribution in [2.75, 3.05) is 31.2 Å². The van der Waals surface area contributed by atoms with E-state index in [1.807, 2.05) is 70.1 Å². The molecular weight excluding hydrogens is 705 g/mol. The molecule has 0 unspecified atom stereocenters. The monoisotopic (exact) mass is 759 g/mol. The van der Waals surface area contributed by atoms with Crippen LogP contribution in [0.4, 0.5) is 17.1 Å². The van der Waals surface area contributed by atoms with Crippen molar-refractivity contribution in [3.8, 4) is 0 Å². The molecule has 5 rings (SSSR count). The SMILES string of the molecule is CCCCCCCCOC(=O)CN(c1ccccc1)c1ccc(C2=C(O)/C(=C3C=C/C(=[N+](/CC(=O)OCCCCCCCC)c4ccccc4)C=N\3)C2=O)nc1. The lowest BCUT2D eigenvalue weighted by Crippen LogP contribution is -2.28. The molecule has 0 spiro atoms. The minimum Gasteiger partial charge on any atom is -0.506 e. The van der Waals surface area contributed by atoms with Gasteiger partial charge < -0.3 is 19.5 Å². The number of ketones is 1. The maximum Gasteiger partial charge on any atom is 0.372 e. The van der Waals surface area contributed by atoms with Crippen LogP contribution in [0, 0.1) is 0 Å². The summed E-state index contributed by atoms with van der Waals surface area (Å²) in [7, 11) is 0. The van der Waals surface area contributed by atoms with Crippen molar-refractivity contribution in [2.24, 2.45) is 4.99 Å². The topological polar surface area (TPSA) is 121 Å². The Labute approximate surface area is 331 Å². The van der Waals surface area contributed by atoms with Crippen LogP contribution in [0.1, 0.15) is 96.6 Å². The normalized spacial score (nSPS) is 15.8. The summed E-state index contributed by atoms with van der Waals surface area (Å²) in [4.78, 5) is 50.1. The number of unbranched alkanes of at least 4 members (excludes halogenated alkanes) is 10. The number of esters is 2. The molecule has 294 valence electrons. The summed E-state index contributed by atoms with van der Waals surface area (Å²) in [5.41, 5.74) is 3.68. The molecule has 1 aromatic heterocycles. The highest BCUT2D eigenvalue weighted by Gasteiger charge is 2.38. The number of dihydropyridines is 1. The van der Waals surface area contributed by atoms with Crippen molar-refractivity contribution in [3.63, 3.8) is 0 Å². The van der Waals surface area contributed by atoms with Gasteiger partial charge >= 0.3 is 11.9 Å². The quantitative estimate of drug-likeness (QED) is 0.0466. The maximum atomic E-state index is 13.5. The Balaban J connectivity index is 1.26. The fourth-order valence-corrected chi connectivity index (χ4v) is 6.63. The van der Waals surface area contributed by atoms with Gasteiger partial charge in [0.2, 0.25) is 23.7 Å². The Kier molecular flexibility index (Phi) is 16.3. The minimum atomic E-state index is -0.376. The summed E-state index contributed by atoms with van der Waals surface area (Å²) in [6.45, 7) is 5.14. The fourth-order valence-electron chi connectivity index (χ4n) is 6.63. The smallest absolute Gasteiger partial charge is 0.372 e. The van der Waals surface area contributed by atoms with Crippen LogP contribution in [0.5, 0.6) is 0 Å². The van der Waals surface area contributed by atoms with Crippen LogP contribution < -0.4 is 4.90 Å². The van der Waals surface area contributed by atoms with Gasteiger partial charge in [0.05, 0.1) is 53.8 Å². The third-order valence-corrected chi connectivity index (χ3v) is 9.79. The predicted octanol–water partition coefficient (Wildman–Crippen LogP) is 9.56. The van der Waals surface area contributed by atoms with Gasteiger partial charge in [0.1, 0.15) is 12.3 Å². The van der Waals surface area contributed by atoms with Gasteiger partial charge in [-0.2, -0.15) is 4.58 Å². The van der Waals surface area contributed by atoms with Crippen LogP contribution in [-0.2, 0) is 23.9 Å². The van der Waals surface area contributed by atoms with Gasteiger partial charge in [-0.15, -0.1) is 0 Å². The zero-order chi connectivity index (χ0) is 39.5. The number of aliphatic hydroxyl groups excluding tert-OH is 1. The Morgan fingerprint density at radius 2 is 1.30 bits per heavy atom. The average molecular weight is 760 g/mol. The van der Waals surface area contributed by atoms with E-state index in [1.54, 1.807) is 36.7 Å². The molecule has 2 heterocycles. The van der Waals surface area contributed by atoms with Crippen molar-refractivity contribution >= 4 is 52.3 Å². The van der Waals surface area contributed by atoms with E-state index in [9.17, 15) is 19.5 Å². The maximum absolute atomic E-state index is 13.5.